The van der Waals surface area contributed by atoms with Gasteiger partial charge >= 0.3 is 0 Å². The van der Waals surface area contributed by atoms with Crippen molar-refractivity contribution in [3.8, 4) is 33.4 Å². The molecule has 57 heavy (non-hydrogen) atoms. The van der Waals surface area contributed by atoms with Crippen LogP contribution in [0.1, 0.15) is 22.9 Å². The molecule has 1 aliphatic rings. The number of hydrogen-bond donors (Lipinski definition) is 1. The summed E-state index contributed by atoms with van der Waals surface area (Å²) in [7, 11) is 0. The molecule has 4 heteroatoms. The van der Waals surface area contributed by atoms with Crippen molar-refractivity contribution in [1.29, 1.82) is 0 Å². The van der Waals surface area contributed by atoms with Crippen molar-refractivity contribution in [3.05, 3.63) is 217 Å². The summed E-state index contributed by atoms with van der Waals surface area (Å²) in [5.41, 5.74) is 11.8. The van der Waals surface area contributed by atoms with E-state index in [-0.39, 0.29) is 0 Å². The van der Waals surface area contributed by atoms with Gasteiger partial charge in [0.25, 0.3) is 0 Å². The van der Waals surface area contributed by atoms with E-state index in [4.69, 9.17) is 14.4 Å². The molecule has 9 aromatic carbocycles. The molecular formula is C53H35N3O. The number of hydrogen-bond acceptors (Lipinski definition) is 4. The van der Waals surface area contributed by atoms with E-state index in [9.17, 15) is 0 Å². The molecular weight excluding hydrogens is 695 g/mol. The number of nitrogens with zero attached hydrogens (tertiary/aromatic N) is 2. The van der Waals surface area contributed by atoms with Gasteiger partial charge in [-0.1, -0.05) is 176 Å². The summed E-state index contributed by atoms with van der Waals surface area (Å²) in [5, 5.41) is 10.5. The van der Waals surface area contributed by atoms with Gasteiger partial charge in [-0.15, -0.1) is 0 Å². The van der Waals surface area contributed by atoms with Gasteiger partial charge in [0.2, 0.25) is 0 Å². The van der Waals surface area contributed by atoms with Gasteiger partial charge < -0.3 is 9.73 Å². The summed E-state index contributed by atoms with van der Waals surface area (Å²) >= 11 is 0. The van der Waals surface area contributed by atoms with Crippen LogP contribution in [0.5, 0.6) is 0 Å². The third-order valence-electron chi connectivity index (χ3n) is 11.2. The fourth-order valence-corrected chi connectivity index (χ4v) is 8.32. The van der Waals surface area contributed by atoms with E-state index in [1.165, 1.54) is 21.9 Å². The number of nitrogens with one attached hydrogen (secondary N) is 1. The highest BCUT2D eigenvalue weighted by Gasteiger charge is 2.23. The van der Waals surface area contributed by atoms with E-state index in [0.29, 0.717) is 0 Å². The Bertz CT molecular complexity index is 3200. The van der Waals surface area contributed by atoms with Crippen LogP contribution in [0, 0.1) is 0 Å². The molecule has 0 spiro atoms. The molecule has 0 bridgehead atoms. The maximum atomic E-state index is 6.50. The third kappa shape index (κ3) is 5.87. The maximum Gasteiger partial charge on any atom is 0.170 e. The molecule has 0 amide bonds. The van der Waals surface area contributed by atoms with E-state index in [0.717, 1.165) is 83.3 Å². The molecule has 11 rings (SSSR count). The minimum absolute atomic E-state index is 0.459. The highest BCUT2D eigenvalue weighted by atomic mass is 16.3. The Kier molecular flexibility index (Phi) is 7.85. The first-order valence-corrected chi connectivity index (χ1v) is 19.3. The van der Waals surface area contributed by atoms with Crippen molar-refractivity contribution in [2.75, 3.05) is 0 Å². The number of furan rings is 1. The number of fused-ring (bicyclic) bond motifs is 5. The molecule has 0 fully saturated rings. The standard InChI is InChI=1S/C53H35N3O/c1-3-12-34(13-4-1)36-24-27-38(28-25-36)52-54-51(37-15-5-2-6-16-37)55-53(56-52)46-22-10-18-42-43(19-9-20-44(42)46)45-21-11-23-49-50(45)47-33-41(30-31-48(47)57-49)40-29-26-35-14-7-8-17-39(35)32-40/h1-33,53H,(H,54,55,56). The van der Waals surface area contributed by atoms with Crippen LogP contribution >= 0.6 is 0 Å². The highest BCUT2D eigenvalue weighted by Crippen LogP contribution is 2.42. The summed E-state index contributed by atoms with van der Waals surface area (Å²) < 4.78 is 6.50. The zero-order valence-corrected chi connectivity index (χ0v) is 30.9. The molecule has 1 N–H and O–H groups in total. The van der Waals surface area contributed by atoms with Gasteiger partial charge in [-0.25, -0.2) is 9.98 Å². The van der Waals surface area contributed by atoms with Crippen LogP contribution in [0.3, 0.4) is 0 Å². The number of benzene rings is 9. The predicted molar refractivity (Wildman–Crippen MR) is 237 cm³/mol. The topological polar surface area (TPSA) is 49.9 Å². The van der Waals surface area contributed by atoms with Crippen LogP contribution in [0.4, 0.5) is 0 Å². The molecule has 0 radical (unpaired) electrons. The Labute approximate surface area is 330 Å². The second-order valence-corrected chi connectivity index (χ2v) is 14.6. The summed E-state index contributed by atoms with van der Waals surface area (Å²) in [6.45, 7) is 0. The molecule has 268 valence electrons. The minimum atomic E-state index is -0.459. The Hall–Kier alpha value is -7.56. The second-order valence-electron chi connectivity index (χ2n) is 14.6. The largest absolute Gasteiger partial charge is 0.456 e. The van der Waals surface area contributed by atoms with Gasteiger partial charge in [-0.3, -0.25) is 0 Å². The summed E-state index contributed by atoms with van der Waals surface area (Å²) in [5.74, 6) is 1.58. The van der Waals surface area contributed by atoms with Crippen molar-refractivity contribution in [3.63, 3.8) is 0 Å². The maximum absolute atomic E-state index is 6.50. The van der Waals surface area contributed by atoms with Gasteiger partial charge in [0, 0.05) is 27.5 Å². The first-order chi connectivity index (χ1) is 28.2. The lowest BCUT2D eigenvalue weighted by atomic mass is 9.92. The van der Waals surface area contributed by atoms with Crippen molar-refractivity contribution in [1.82, 2.24) is 5.32 Å². The molecule has 1 aromatic heterocycles. The molecule has 1 atom stereocenters. The van der Waals surface area contributed by atoms with Crippen LogP contribution in [-0.2, 0) is 0 Å². The molecule has 0 aliphatic carbocycles. The SMILES string of the molecule is c1ccc(C2=NC(c3cccc4c(-c5cccc6oc7ccc(-c8ccc9ccccc9c8)cc7c56)cccc34)N=C(c3ccc(-c4ccccc4)cc3)N2)cc1. The number of amidine groups is 2. The third-order valence-corrected chi connectivity index (χ3v) is 11.2. The van der Waals surface area contributed by atoms with E-state index in [2.05, 4.69) is 181 Å². The fourth-order valence-electron chi connectivity index (χ4n) is 8.32. The zero-order valence-electron chi connectivity index (χ0n) is 30.9. The molecule has 10 aromatic rings. The molecule has 0 saturated carbocycles. The van der Waals surface area contributed by atoms with Gasteiger partial charge in [-0.2, -0.15) is 0 Å². The normalized spacial score (nSPS) is 14.1. The minimum Gasteiger partial charge on any atom is -0.456 e. The van der Waals surface area contributed by atoms with Crippen LogP contribution in [0.25, 0.3) is 76.9 Å². The van der Waals surface area contributed by atoms with Gasteiger partial charge in [0.15, 0.2) is 6.17 Å². The summed E-state index contributed by atoms with van der Waals surface area (Å²) in [6.07, 6.45) is -0.459. The van der Waals surface area contributed by atoms with Crippen LogP contribution < -0.4 is 5.32 Å². The first-order valence-electron chi connectivity index (χ1n) is 19.3. The monoisotopic (exact) mass is 729 g/mol. The van der Waals surface area contributed by atoms with Crippen molar-refractivity contribution in [2.45, 2.75) is 6.17 Å². The van der Waals surface area contributed by atoms with Crippen molar-refractivity contribution < 1.29 is 4.42 Å². The van der Waals surface area contributed by atoms with Crippen LogP contribution in [0.2, 0.25) is 0 Å². The van der Waals surface area contributed by atoms with Gasteiger partial charge in [-0.05, 0) is 79.2 Å². The molecule has 0 saturated heterocycles. The summed E-state index contributed by atoms with van der Waals surface area (Å²) in [6, 6.07) is 70.5. The first kappa shape index (κ1) is 32.8. The van der Waals surface area contributed by atoms with Crippen molar-refractivity contribution in [2.24, 2.45) is 9.98 Å². The summed E-state index contributed by atoms with van der Waals surface area (Å²) in [4.78, 5) is 10.6. The van der Waals surface area contributed by atoms with Gasteiger partial charge in [0.1, 0.15) is 22.8 Å². The van der Waals surface area contributed by atoms with Crippen LogP contribution in [-0.4, -0.2) is 11.7 Å². The van der Waals surface area contributed by atoms with Crippen LogP contribution in [0.15, 0.2) is 215 Å². The lowest BCUT2D eigenvalue weighted by Crippen LogP contribution is -2.36. The smallest absolute Gasteiger partial charge is 0.170 e. The fraction of sp³-hybridized carbons (Fsp3) is 0.0189. The lowest BCUT2D eigenvalue weighted by Gasteiger charge is -2.23. The molecule has 1 aliphatic heterocycles. The second kappa shape index (κ2) is 13.6. The zero-order chi connectivity index (χ0) is 37.7. The average Bonchev–Trinajstić information content (AvgIpc) is 3.67. The lowest BCUT2D eigenvalue weighted by molar-refractivity contribution is 0.669. The van der Waals surface area contributed by atoms with E-state index in [1.807, 2.05) is 24.3 Å². The van der Waals surface area contributed by atoms with E-state index in [1.54, 1.807) is 0 Å². The quantitative estimate of drug-likeness (QED) is 0.185. The van der Waals surface area contributed by atoms with E-state index >= 15 is 0 Å². The molecule has 2 heterocycles. The average molecular weight is 730 g/mol. The van der Waals surface area contributed by atoms with Gasteiger partial charge in [0.05, 0.1) is 0 Å². The highest BCUT2D eigenvalue weighted by molar-refractivity contribution is 6.17. The predicted octanol–water partition coefficient (Wildman–Crippen LogP) is 13.4. The Balaban J connectivity index is 1.04. The molecule has 1 unspecified atom stereocenters. The Morgan fingerprint density at radius 2 is 0.947 bits per heavy atom. The molecule has 4 nitrogen and oxygen atoms in total. The number of aliphatic imine (C=N–C) groups is 2. The van der Waals surface area contributed by atoms with Crippen molar-refractivity contribution >= 4 is 55.2 Å². The Morgan fingerprint density at radius 3 is 1.75 bits per heavy atom. The Morgan fingerprint density at radius 1 is 0.368 bits per heavy atom. The number of rotatable bonds is 6. The van der Waals surface area contributed by atoms with E-state index < -0.39 is 6.17 Å².